The van der Waals surface area contributed by atoms with Crippen molar-refractivity contribution in [2.75, 3.05) is 38.5 Å². The zero-order chi connectivity index (χ0) is 27.4. The fraction of sp³-hybridized carbons (Fsp3) is 0.333. The number of hydrogen-bond acceptors (Lipinski definition) is 7. The van der Waals surface area contributed by atoms with E-state index < -0.39 is 0 Å². The average molecular weight is 526 g/mol. The van der Waals surface area contributed by atoms with E-state index in [0.717, 1.165) is 43.0 Å². The number of para-hydroxylation sites is 1. The molecule has 0 bridgehead atoms. The van der Waals surface area contributed by atoms with Crippen LogP contribution < -0.4 is 10.5 Å². The zero-order valence-electron chi connectivity index (χ0n) is 22.6. The molecule has 4 aromatic rings. The molecule has 1 saturated heterocycles. The lowest BCUT2D eigenvalue weighted by molar-refractivity contribution is -0.129. The molecule has 3 heterocycles. The van der Waals surface area contributed by atoms with Crippen LogP contribution in [0.25, 0.3) is 22.3 Å². The van der Waals surface area contributed by atoms with Gasteiger partial charge in [0.25, 0.3) is 5.91 Å². The monoisotopic (exact) mass is 525 g/mol. The number of aromatic nitrogens is 4. The number of ether oxygens (including phenoxy) is 1. The standard InChI is InChI=1S/C30H35N7O2/c1-4-35(5-2)18-21(3)30(38)36-17-9-10-23(19-36)37-29-26(28(31)32-20-33-29)27(34-37)22-13-15-25(16-14-22)39-24-11-7-6-8-12-24/h6-8,11-16,20,23H,3-5,9-10,17-19H2,1-2H3,(H2,31,32,33)/t23-/m1/s1. The molecule has 202 valence electrons. The number of hydrogen-bond donors (Lipinski definition) is 1. The van der Waals surface area contributed by atoms with Gasteiger partial charge in [0.1, 0.15) is 29.3 Å². The maximum atomic E-state index is 13.3. The van der Waals surface area contributed by atoms with Crippen LogP contribution in [0.1, 0.15) is 32.7 Å². The third-order valence-corrected chi connectivity index (χ3v) is 7.27. The van der Waals surface area contributed by atoms with Gasteiger partial charge in [-0.1, -0.05) is 38.6 Å². The van der Waals surface area contributed by atoms with E-state index >= 15 is 0 Å². The van der Waals surface area contributed by atoms with Crippen LogP contribution in [0.2, 0.25) is 0 Å². The Hall–Kier alpha value is -4.24. The molecule has 0 saturated carbocycles. The minimum Gasteiger partial charge on any atom is -0.457 e. The van der Waals surface area contributed by atoms with Crippen molar-refractivity contribution in [2.45, 2.75) is 32.7 Å². The number of nitrogen functional groups attached to an aromatic ring is 1. The van der Waals surface area contributed by atoms with E-state index in [1.165, 1.54) is 6.33 Å². The summed E-state index contributed by atoms with van der Waals surface area (Å²) in [5.41, 5.74) is 9.24. The third kappa shape index (κ3) is 5.63. The number of likely N-dealkylation sites (N-methyl/N-ethyl adjacent to an activating group) is 1. The van der Waals surface area contributed by atoms with Crippen LogP contribution in [-0.2, 0) is 4.79 Å². The molecule has 39 heavy (non-hydrogen) atoms. The van der Waals surface area contributed by atoms with Gasteiger partial charge in [-0.15, -0.1) is 0 Å². The second kappa shape index (κ2) is 11.7. The number of anilines is 1. The first kappa shape index (κ1) is 26.4. The molecule has 2 aromatic carbocycles. The summed E-state index contributed by atoms with van der Waals surface area (Å²) in [7, 11) is 0. The molecule has 1 aliphatic heterocycles. The van der Waals surface area contributed by atoms with Crippen molar-refractivity contribution in [2.24, 2.45) is 0 Å². The number of nitrogens with two attached hydrogens (primary N) is 1. The van der Waals surface area contributed by atoms with Crippen molar-refractivity contribution in [1.29, 1.82) is 0 Å². The minimum absolute atomic E-state index is 0.00595. The van der Waals surface area contributed by atoms with Gasteiger partial charge >= 0.3 is 0 Å². The predicted molar refractivity (Wildman–Crippen MR) is 153 cm³/mol. The maximum absolute atomic E-state index is 13.3. The van der Waals surface area contributed by atoms with E-state index in [2.05, 4.69) is 35.3 Å². The summed E-state index contributed by atoms with van der Waals surface area (Å²) < 4.78 is 7.87. The molecule has 9 heteroatoms. The number of amides is 1. The molecule has 1 amide bonds. The van der Waals surface area contributed by atoms with Gasteiger partial charge < -0.3 is 15.4 Å². The molecule has 5 rings (SSSR count). The van der Waals surface area contributed by atoms with E-state index in [1.807, 2.05) is 64.2 Å². The van der Waals surface area contributed by atoms with E-state index in [1.54, 1.807) is 0 Å². The second-order valence-corrected chi connectivity index (χ2v) is 9.80. The minimum atomic E-state index is -0.0322. The molecule has 0 radical (unpaired) electrons. The van der Waals surface area contributed by atoms with Gasteiger partial charge in [0.2, 0.25) is 0 Å². The highest BCUT2D eigenvalue weighted by Gasteiger charge is 2.29. The van der Waals surface area contributed by atoms with Crippen molar-refractivity contribution < 1.29 is 9.53 Å². The zero-order valence-corrected chi connectivity index (χ0v) is 22.6. The largest absolute Gasteiger partial charge is 0.457 e. The Balaban J connectivity index is 1.41. The summed E-state index contributed by atoms with van der Waals surface area (Å²) in [6.45, 7) is 11.9. The number of carbonyl (C=O) groups is 1. The van der Waals surface area contributed by atoms with Crippen molar-refractivity contribution in [3.05, 3.63) is 73.1 Å². The summed E-state index contributed by atoms with van der Waals surface area (Å²) in [5, 5.41) is 5.71. The molecule has 0 aliphatic carbocycles. The SMILES string of the molecule is C=C(CN(CC)CC)C(=O)N1CCC[C@@H](n2nc(-c3ccc(Oc4ccccc4)cc3)c3c(N)ncnc32)C1. The van der Waals surface area contributed by atoms with Crippen LogP contribution in [0.4, 0.5) is 5.82 Å². The first-order chi connectivity index (χ1) is 19.0. The molecule has 0 spiro atoms. The Kier molecular flexibility index (Phi) is 7.88. The number of fused-ring (bicyclic) bond motifs is 1. The Bertz CT molecular complexity index is 1450. The van der Waals surface area contributed by atoms with Crippen LogP contribution in [0.3, 0.4) is 0 Å². The molecule has 2 N–H and O–H groups in total. The smallest absolute Gasteiger partial charge is 0.250 e. The Morgan fingerprint density at radius 3 is 2.51 bits per heavy atom. The van der Waals surface area contributed by atoms with Crippen molar-refractivity contribution >= 4 is 22.8 Å². The molecule has 1 atom stereocenters. The summed E-state index contributed by atoms with van der Waals surface area (Å²) in [5.74, 6) is 1.88. The molecule has 2 aromatic heterocycles. The highest BCUT2D eigenvalue weighted by atomic mass is 16.5. The van der Waals surface area contributed by atoms with E-state index in [0.29, 0.717) is 47.8 Å². The number of piperidine rings is 1. The lowest BCUT2D eigenvalue weighted by atomic mass is 10.0. The summed E-state index contributed by atoms with van der Waals surface area (Å²) >= 11 is 0. The molecular formula is C30H35N7O2. The molecule has 9 nitrogen and oxygen atoms in total. The van der Waals surface area contributed by atoms with Gasteiger partial charge in [-0.3, -0.25) is 9.69 Å². The lowest BCUT2D eigenvalue weighted by Gasteiger charge is -2.34. The topological polar surface area (TPSA) is 102 Å². The Labute approximate surface area is 228 Å². The molecule has 1 fully saturated rings. The highest BCUT2D eigenvalue weighted by Crippen LogP contribution is 2.35. The maximum Gasteiger partial charge on any atom is 0.250 e. The fourth-order valence-electron chi connectivity index (χ4n) is 5.10. The van der Waals surface area contributed by atoms with E-state index in [4.69, 9.17) is 15.6 Å². The van der Waals surface area contributed by atoms with Crippen LogP contribution in [0.15, 0.2) is 73.1 Å². The Morgan fingerprint density at radius 1 is 1.08 bits per heavy atom. The van der Waals surface area contributed by atoms with Crippen LogP contribution in [0.5, 0.6) is 11.5 Å². The van der Waals surface area contributed by atoms with E-state index in [-0.39, 0.29) is 11.9 Å². The quantitative estimate of drug-likeness (QED) is 0.309. The van der Waals surface area contributed by atoms with Crippen molar-refractivity contribution in [3.8, 4) is 22.8 Å². The van der Waals surface area contributed by atoms with Crippen LogP contribution in [-0.4, -0.2) is 68.2 Å². The Morgan fingerprint density at radius 2 is 1.79 bits per heavy atom. The number of carbonyl (C=O) groups excluding carboxylic acids is 1. The first-order valence-electron chi connectivity index (χ1n) is 13.5. The van der Waals surface area contributed by atoms with Crippen molar-refractivity contribution in [1.82, 2.24) is 29.5 Å². The van der Waals surface area contributed by atoms with E-state index in [9.17, 15) is 4.79 Å². The van der Waals surface area contributed by atoms with Gasteiger partial charge in [0, 0.05) is 30.8 Å². The first-order valence-corrected chi connectivity index (χ1v) is 13.5. The van der Waals surface area contributed by atoms with Crippen LogP contribution in [0, 0.1) is 0 Å². The van der Waals surface area contributed by atoms with Gasteiger partial charge in [0.15, 0.2) is 5.65 Å². The summed E-state index contributed by atoms with van der Waals surface area (Å²) in [6, 6.07) is 17.4. The molecule has 0 unspecified atom stereocenters. The van der Waals surface area contributed by atoms with Crippen molar-refractivity contribution in [3.63, 3.8) is 0 Å². The molecular weight excluding hydrogens is 490 g/mol. The number of benzene rings is 2. The third-order valence-electron chi connectivity index (χ3n) is 7.27. The average Bonchev–Trinajstić information content (AvgIpc) is 3.37. The fourth-order valence-corrected chi connectivity index (χ4v) is 5.10. The highest BCUT2D eigenvalue weighted by molar-refractivity contribution is 5.98. The predicted octanol–water partition coefficient (Wildman–Crippen LogP) is 4.93. The second-order valence-electron chi connectivity index (χ2n) is 9.80. The van der Waals surface area contributed by atoms with Gasteiger partial charge in [-0.05, 0) is 62.3 Å². The normalized spacial score (nSPS) is 15.6. The lowest BCUT2D eigenvalue weighted by Crippen LogP contribution is -2.43. The number of rotatable bonds is 9. The van der Waals surface area contributed by atoms with Gasteiger partial charge in [-0.2, -0.15) is 5.10 Å². The van der Waals surface area contributed by atoms with Gasteiger partial charge in [0.05, 0.1) is 11.4 Å². The van der Waals surface area contributed by atoms with Gasteiger partial charge in [-0.25, -0.2) is 14.6 Å². The number of nitrogens with zero attached hydrogens (tertiary/aromatic N) is 6. The number of likely N-dealkylation sites (tertiary alicyclic amines) is 1. The summed E-state index contributed by atoms with van der Waals surface area (Å²) in [4.78, 5) is 26.2. The molecule has 1 aliphatic rings. The van der Waals surface area contributed by atoms with Crippen LogP contribution >= 0.6 is 0 Å². The summed E-state index contributed by atoms with van der Waals surface area (Å²) in [6.07, 6.45) is 3.22.